The number of carbonyl (C=O) groups is 1. The minimum Gasteiger partial charge on any atom is -0.462 e. The van der Waals surface area contributed by atoms with E-state index in [1.165, 1.54) is 10.8 Å². The van der Waals surface area contributed by atoms with E-state index < -0.39 is 41.6 Å². The van der Waals surface area contributed by atoms with E-state index in [9.17, 15) is 14.4 Å². The van der Waals surface area contributed by atoms with Crippen LogP contribution in [0.3, 0.4) is 0 Å². The first-order valence-electron chi connectivity index (χ1n) is 9.37. The van der Waals surface area contributed by atoms with Crippen LogP contribution in [-0.2, 0) is 20.7 Å². The highest BCUT2D eigenvalue weighted by molar-refractivity contribution is 5.75. The maximum absolute atomic E-state index is 12.3. The fourth-order valence-corrected chi connectivity index (χ4v) is 3.25. The van der Waals surface area contributed by atoms with Crippen LogP contribution in [0.5, 0.6) is 0 Å². The molecule has 1 fully saturated rings. The lowest BCUT2D eigenvalue weighted by Crippen LogP contribution is -2.37. The van der Waals surface area contributed by atoms with Crippen molar-refractivity contribution in [2.75, 3.05) is 6.61 Å². The van der Waals surface area contributed by atoms with Crippen molar-refractivity contribution >= 4 is 5.97 Å². The highest BCUT2D eigenvalue weighted by Gasteiger charge is 2.37. The van der Waals surface area contributed by atoms with E-state index in [1.807, 2.05) is 30.3 Å². The van der Waals surface area contributed by atoms with Gasteiger partial charge in [-0.15, -0.1) is 0 Å². The van der Waals surface area contributed by atoms with E-state index >= 15 is 0 Å². The zero-order valence-electron chi connectivity index (χ0n) is 16.3. The summed E-state index contributed by atoms with van der Waals surface area (Å²) >= 11 is 0. The summed E-state index contributed by atoms with van der Waals surface area (Å²) in [5.74, 6) is -0.609. The number of rotatable bonds is 7. The number of H-pyrrole nitrogens is 1. The zero-order chi connectivity index (χ0) is 21.7. The molecule has 158 valence electrons. The third kappa shape index (κ3) is 4.95. The van der Waals surface area contributed by atoms with Crippen molar-refractivity contribution < 1.29 is 14.3 Å². The van der Waals surface area contributed by atoms with Crippen LogP contribution in [0.25, 0.3) is 10.4 Å². The summed E-state index contributed by atoms with van der Waals surface area (Å²) in [5, 5.41) is 3.69. The van der Waals surface area contributed by atoms with E-state index in [2.05, 4.69) is 15.0 Å². The molecule has 0 spiro atoms. The lowest BCUT2D eigenvalue weighted by molar-refractivity contribution is -0.150. The number of carbonyl (C=O) groups excluding carboxylic acids is 1. The topological polar surface area (TPSA) is 165 Å². The van der Waals surface area contributed by atoms with Crippen LogP contribution in [0, 0.1) is 6.92 Å². The van der Waals surface area contributed by atoms with Crippen molar-refractivity contribution in [2.45, 2.75) is 44.2 Å². The molecule has 1 saturated heterocycles. The van der Waals surface area contributed by atoms with Crippen LogP contribution >= 0.6 is 0 Å². The van der Waals surface area contributed by atoms with Crippen LogP contribution in [-0.4, -0.2) is 40.3 Å². The molecule has 0 saturated carbocycles. The summed E-state index contributed by atoms with van der Waals surface area (Å²) in [5.41, 5.74) is 14.9. The second-order valence-electron chi connectivity index (χ2n) is 7.04. The van der Waals surface area contributed by atoms with Gasteiger partial charge < -0.3 is 15.2 Å². The second kappa shape index (κ2) is 9.40. The zero-order valence-corrected chi connectivity index (χ0v) is 16.3. The number of nitrogens with two attached hydrogens (primary N) is 1. The molecular weight excluding hydrogens is 392 g/mol. The van der Waals surface area contributed by atoms with Gasteiger partial charge in [-0.25, -0.2) is 4.79 Å². The van der Waals surface area contributed by atoms with Gasteiger partial charge in [-0.1, -0.05) is 35.4 Å². The minimum absolute atomic E-state index is 0.182. The Morgan fingerprint density at radius 3 is 2.87 bits per heavy atom. The number of benzene rings is 1. The molecule has 3 rings (SSSR count). The summed E-state index contributed by atoms with van der Waals surface area (Å²) in [4.78, 5) is 40.9. The van der Waals surface area contributed by atoms with Crippen molar-refractivity contribution in [2.24, 2.45) is 10.8 Å². The van der Waals surface area contributed by atoms with Crippen LogP contribution in [0.1, 0.15) is 23.8 Å². The van der Waals surface area contributed by atoms with E-state index in [0.717, 1.165) is 5.56 Å². The van der Waals surface area contributed by atoms with E-state index in [-0.39, 0.29) is 13.0 Å². The number of ether oxygens (including phenoxy) is 2. The van der Waals surface area contributed by atoms with Gasteiger partial charge in [-0.2, -0.15) is 0 Å². The normalized spacial score (nSPS) is 21.6. The molecular formula is C19H22N6O5. The van der Waals surface area contributed by atoms with Gasteiger partial charge >= 0.3 is 11.7 Å². The Hall–Kier alpha value is -3.40. The number of hydrogen-bond donors (Lipinski definition) is 2. The summed E-state index contributed by atoms with van der Waals surface area (Å²) < 4.78 is 12.3. The molecule has 3 N–H and O–H groups in total. The van der Waals surface area contributed by atoms with E-state index in [1.54, 1.807) is 6.92 Å². The molecule has 11 heteroatoms. The van der Waals surface area contributed by atoms with Crippen molar-refractivity contribution in [1.29, 1.82) is 0 Å². The Labute approximate surface area is 171 Å². The molecule has 1 aliphatic rings. The first-order valence-corrected chi connectivity index (χ1v) is 9.37. The van der Waals surface area contributed by atoms with Crippen LogP contribution in [0.15, 0.2) is 51.2 Å². The minimum atomic E-state index is -0.855. The fraction of sp³-hybridized carbons (Fsp3) is 0.421. The molecule has 1 aromatic heterocycles. The molecule has 0 aliphatic carbocycles. The number of aromatic nitrogens is 2. The quantitative estimate of drug-likeness (QED) is 0.296. The number of nitrogens with one attached hydrogen (secondary N) is 1. The number of azide groups is 1. The summed E-state index contributed by atoms with van der Waals surface area (Å²) in [6.07, 6.45) is 0.361. The molecule has 2 aromatic rings. The standard InChI is InChI=1S/C19H22N6O5/c1-11-9-25(19(28)22-17(11)26)16-8-14(23-24-21)15(30-16)10-29-18(27)13(20)7-12-5-3-2-4-6-12/h2-6,9,13-16H,7-8,10,20H2,1H3,(H,22,26,28)/t13?,14-,15+,16+/m0/s1. The molecule has 4 atom stereocenters. The van der Waals surface area contributed by atoms with E-state index in [4.69, 9.17) is 20.7 Å². The van der Waals surface area contributed by atoms with E-state index in [0.29, 0.717) is 12.0 Å². The predicted molar refractivity (Wildman–Crippen MR) is 107 cm³/mol. The third-order valence-electron chi connectivity index (χ3n) is 4.85. The van der Waals surface area contributed by atoms with Crippen LogP contribution < -0.4 is 17.0 Å². The van der Waals surface area contributed by atoms with Gasteiger partial charge in [0, 0.05) is 23.1 Å². The number of esters is 1. The summed E-state index contributed by atoms with van der Waals surface area (Å²) in [6, 6.07) is 7.78. The predicted octanol–water partition coefficient (Wildman–Crippen LogP) is 0.925. The van der Waals surface area contributed by atoms with Gasteiger partial charge in [0.2, 0.25) is 0 Å². The van der Waals surface area contributed by atoms with Gasteiger partial charge in [0.25, 0.3) is 5.56 Å². The number of aromatic amines is 1. The maximum atomic E-state index is 12.3. The highest BCUT2D eigenvalue weighted by atomic mass is 16.6. The van der Waals surface area contributed by atoms with Gasteiger partial charge in [0.15, 0.2) is 0 Å². The molecule has 1 unspecified atom stereocenters. The monoisotopic (exact) mass is 414 g/mol. The van der Waals surface area contributed by atoms with Gasteiger partial charge in [0.1, 0.15) is 25.0 Å². The molecule has 0 radical (unpaired) electrons. The average molecular weight is 414 g/mol. The highest BCUT2D eigenvalue weighted by Crippen LogP contribution is 2.30. The van der Waals surface area contributed by atoms with Gasteiger partial charge in [-0.05, 0) is 24.4 Å². The van der Waals surface area contributed by atoms with Gasteiger partial charge in [-0.3, -0.25) is 19.1 Å². The molecule has 1 aromatic carbocycles. The number of nitrogens with zero attached hydrogens (tertiary/aromatic N) is 4. The SMILES string of the molecule is Cc1cn([C@H]2C[C@H](N=[N+]=[N-])[C@@H](COC(=O)C(N)Cc3ccccc3)O2)c(=O)[nH]c1=O. The smallest absolute Gasteiger partial charge is 0.330 e. The van der Waals surface area contributed by atoms with Crippen molar-refractivity contribution in [3.63, 3.8) is 0 Å². The van der Waals surface area contributed by atoms with Crippen molar-refractivity contribution in [3.05, 3.63) is 78.9 Å². The van der Waals surface area contributed by atoms with Crippen molar-refractivity contribution in [1.82, 2.24) is 9.55 Å². The largest absolute Gasteiger partial charge is 0.462 e. The first kappa shape index (κ1) is 21.3. The fourth-order valence-electron chi connectivity index (χ4n) is 3.25. The lowest BCUT2D eigenvalue weighted by Gasteiger charge is -2.18. The molecule has 11 nitrogen and oxygen atoms in total. The Kier molecular flexibility index (Phi) is 6.68. The Morgan fingerprint density at radius 2 is 2.17 bits per heavy atom. The molecule has 0 bridgehead atoms. The molecule has 0 amide bonds. The molecule has 1 aliphatic heterocycles. The van der Waals surface area contributed by atoms with Crippen LogP contribution in [0.2, 0.25) is 0 Å². The Bertz CT molecular complexity index is 1060. The summed E-state index contributed by atoms with van der Waals surface area (Å²) in [7, 11) is 0. The molecule has 2 heterocycles. The first-order chi connectivity index (χ1) is 14.4. The maximum Gasteiger partial charge on any atom is 0.330 e. The summed E-state index contributed by atoms with van der Waals surface area (Å²) in [6.45, 7) is 1.38. The third-order valence-corrected chi connectivity index (χ3v) is 4.85. The van der Waals surface area contributed by atoms with Crippen molar-refractivity contribution in [3.8, 4) is 0 Å². The lowest BCUT2D eigenvalue weighted by atomic mass is 10.1. The molecule has 30 heavy (non-hydrogen) atoms. The average Bonchev–Trinajstić information content (AvgIpc) is 3.12. The second-order valence-corrected chi connectivity index (χ2v) is 7.04. The number of hydrogen-bond acceptors (Lipinski definition) is 7. The number of aryl methyl sites for hydroxylation is 1. The van der Waals surface area contributed by atoms with Gasteiger partial charge in [0.05, 0.1) is 6.04 Å². The Balaban J connectivity index is 1.65. The van der Waals surface area contributed by atoms with Crippen LogP contribution in [0.4, 0.5) is 0 Å². The Morgan fingerprint density at radius 1 is 1.43 bits per heavy atom.